The highest BCUT2D eigenvalue weighted by molar-refractivity contribution is 5.59. The van der Waals surface area contributed by atoms with E-state index < -0.39 is 0 Å². The van der Waals surface area contributed by atoms with Gasteiger partial charge >= 0.3 is 5.69 Å². The predicted molar refractivity (Wildman–Crippen MR) is 83.5 cm³/mol. The van der Waals surface area contributed by atoms with Crippen LogP contribution in [-0.2, 0) is 6.54 Å². The van der Waals surface area contributed by atoms with Gasteiger partial charge in [0.1, 0.15) is 5.69 Å². The number of nitrogens with zero attached hydrogens (tertiary/aromatic N) is 3. The monoisotopic (exact) mass is 294 g/mol. The van der Waals surface area contributed by atoms with E-state index in [1.807, 2.05) is 6.92 Å². The van der Waals surface area contributed by atoms with Gasteiger partial charge in [0.2, 0.25) is 5.82 Å². The van der Waals surface area contributed by atoms with Crippen molar-refractivity contribution in [2.75, 3.05) is 11.9 Å². The average molecular weight is 294 g/mol. The molecule has 2 rings (SSSR count). The molecule has 1 saturated carbocycles. The van der Waals surface area contributed by atoms with Crippen LogP contribution in [0.25, 0.3) is 0 Å². The zero-order valence-corrected chi connectivity index (χ0v) is 13.9. The molecule has 0 unspecified atom stereocenters. The summed E-state index contributed by atoms with van der Waals surface area (Å²) in [6, 6.07) is 0. The van der Waals surface area contributed by atoms with Crippen LogP contribution in [0.1, 0.15) is 46.7 Å². The number of nitro groups is 1. The summed E-state index contributed by atoms with van der Waals surface area (Å²) in [6.07, 6.45) is 0.896. The molecule has 0 atom stereocenters. The predicted octanol–water partition coefficient (Wildman–Crippen LogP) is 3.60. The Bertz CT molecular complexity index is 546. The topological polar surface area (TPSA) is 73.0 Å². The number of aryl methyl sites for hydroxylation is 2. The third-order valence-electron chi connectivity index (χ3n) is 5.51. The molecule has 6 nitrogen and oxygen atoms in total. The van der Waals surface area contributed by atoms with Gasteiger partial charge in [0.15, 0.2) is 0 Å². The van der Waals surface area contributed by atoms with Gasteiger partial charge in [0.05, 0.1) is 4.92 Å². The number of rotatable bonds is 6. The fraction of sp³-hybridized carbons (Fsp3) is 0.800. The lowest BCUT2D eigenvalue weighted by molar-refractivity contribution is -0.384. The normalized spacial score (nSPS) is 19.5. The van der Waals surface area contributed by atoms with Crippen LogP contribution in [0.3, 0.4) is 0 Å². The highest BCUT2D eigenvalue weighted by atomic mass is 16.6. The Balaban J connectivity index is 2.21. The van der Waals surface area contributed by atoms with Crippen LogP contribution in [0, 0.1) is 33.8 Å². The van der Waals surface area contributed by atoms with Crippen molar-refractivity contribution in [2.24, 2.45) is 16.7 Å². The molecule has 0 spiro atoms. The Kier molecular flexibility index (Phi) is 3.76. The first-order chi connectivity index (χ1) is 9.64. The van der Waals surface area contributed by atoms with E-state index >= 15 is 0 Å². The third kappa shape index (κ3) is 2.40. The number of nitrogens with one attached hydrogen (secondary N) is 1. The SMILES string of the molecule is CCCn1nc(C)c([N+](=O)[O-])c1NCC1C(C)(C)C1(C)C. The molecule has 1 aliphatic carbocycles. The van der Waals surface area contributed by atoms with Crippen molar-refractivity contribution in [3.8, 4) is 0 Å². The van der Waals surface area contributed by atoms with E-state index in [-0.39, 0.29) is 21.4 Å². The van der Waals surface area contributed by atoms with Crippen LogP contribution >= 0.6 is 0 Å². The first-order valence-electron chi connectivity index (χ1n) is 7.60. The summed E-state index contributed by atoms with van der Waals surface area (Å²) in [5.41, 5.74) is 1.11. The minimum atomic E-state index is -0.333. The molecule has 1 aliphatic rings. The van der Waals surface area contributed by atoms with Gasteiger partial charge in [-0.15, -0.1) is 0 Å². The molecule has 0 aromatic carbocycles. The maximum absolute atomic E-state index is 11.3. The van der Waals surface area contributed by atoms with Crippen LogP contribution in [0.5, 0.6) is 0 Å². The van der Waals surface area contributed by atoms with Crippen LogP contribution in [0.2, 0.25) is 0 Å². The van der Waals surface area contributed by atoms with E-state index in [1.165, 1.54) is 0 Å². The number of anilines is 1. The first-order valence-corrected chi connectivity index (χ1v) is 7.60. The Labute approximate surface area is 126 Å². The molecule has 6 heteroatoms. The van der Waals surface area contributed by atoms with Gasteiger partial charge in [-0.3, -0.25) is 10.1 Å². The zero-order valence-electron chi connectivity index (χ0n) is 13.9. The van der Waals surface area contributed by atoms with Gasteiger partial charge < -0.3 is 5.32 Å². The van der Waals surface area contributed by atoms with E-state index in [9.17, 15) is 10.1 Å². The molecule has 21 heavy (non-hydrogen) atoms. The standard InChI is InChI=1S/C15H26N4O2/c1-7-8-18-13(12(19(20)21)10(2)17-18)16-9-11-14(3,4)15(11,5)6/h11,16H,7-9H2,1-6H3. The lowest BCUT2D eigenvalue weighted by atomic mass is 10.0. The van der Waals surface area contributed by atoms with Gasteiger partial charge in [-0.05, 0) is 30.1 Å². The maximum Gasteiger partial charge on any atom is 0.333 e. The highest BCUT2D eigenvalue weighted by Crippen LogP contribution is 2.68. The first kappa shape index (κ1) is 15.8. The molecule has 1 heterocycles. The van der Waals surface area contributed by atoms with Gasteiger partial charge in [0.25, 0.3) is 0 Å². The zero-order chi connectivity index (χ0) is 16.0. The van der Waals surface area contributed by atoms with Crippen LogP contribution in [0.4, 0.5) is 11.5 Å². The fourth-order valence-corrected chi connectivity index (χ4v) is 3.38. The van der Waals surface area contributed by atoms with Gasteiger partial charge in [-0.1, -0.05) is 34.6 Å². The second kappa shape index (κ2) is 5.00. The van der Waals surface area contributed by atoms with Crippen molar-refractivity contribution < 1.29 is 4.92 Å². The molecule has 0 aliphatic heterocycles. The van der Waals surface area contributed by atoms with E-state index in [4.69, 9.17) is 0 Å². The summed E-state index contributed by atoms with van der Waals surface area (Å²) in [5, 5.41) is 18.9. The Morgan fingerprint density at radius 3 is 2.33 bits per heavy atom. The molecular formula is C15H26N4O2. The molecule has 0 amide bonds. The van der Waals surface area contributed by atoms with E-state index in [0.717, 1.165) is 13.0 Å². The summed E-state index contributed by atoms with van der Waals surface area (Å²) in [7, 11) is 0. The molecule has 1 N–H and O–H groups in total. The summed E-state index contributed by atoms with van der Waals surface area (Å²) in [5.74, 6) is 1.06. The largest absolute Gasteiger partial charge is 0.364 e. The lowest BCUT2D eigenvalue weighted by Crippen LogP contribution is -2.13. The smallest absolute Gasteiger partial charge is 0.333 e. The van der Waals surface area contributed by atoms with Crippen molar-refractivity contribution in [1.82, 2.24) is 9.78 Å². The second-order valence-electron chi connectivity index (χ2n) is 7.14. The summed E-state index contributed by atoms with van der Waals surface area (Å²) < 4.78 is 1.73. The summed E-state index contributed by atoms with van der Waals surface area (Å²) in [6.45, 7) is 14.2. The average Bonchev–Trinajstić information content (AvgIpc) is 2.63. The molecule has 0 bridgehead atoms. The van der Waals surface area contributed by atoms with Crippen molar-refractivity contribution in [1.29, 1.82) is 0 Å². The number of hydrogen-bond acceptors (Lipinski definition) is 4. The van der Waals surface area contributed by atoms with Crippen molar-refractivity contribution in [3.63, 3.8) is 0 Å². The molecule has 1 aromatic rings. The van der Waals surface area contributed by atoms with Crippen LogP contribution in [0.15, 0.2) is 0 Å². The Hall–Kier alpha value is -1.59. The lowest BCUT2D eigenvalue weighted by Gasteiger charge is -2.09. The van der Waals surface area contributed by atoms with Crippen molar-refractivity contribution in [2.45, 2.75) is 54.5 Å². The maximum atomic E-state index is 11.3. The molecule has 1 aromatic heterocycles. The van der Waals surface area contributed by atoms with E-state index in [2.05, 4.69) is 38.1 Å². The quantitative estimate of drug-likeness (QED) is 0.642. The van der Waals surface area contributed by atoms with Crippen molar-refractivity contribution >= 4 is 11.5 Å². The molecule has 1 fully saturated rings. The summed E-state index contributed by atoms with van der Waals surface area (Å²) >= 11 is 0. The van der Waals surface area contributed by atoms with Gasteiger partial charge in [-0.25, -0.2) is 4.68 Å². The van der Waals surface area contributed by atoms with Crippen LogP contribution in [-0.4, -0.2) is 21.2 Å². The van der Waals surface area contributed by atoms with Crippen LogP contribution < -0.4 is 5.32 Å². The van der Waals surface area contributed by atoms with E-state index in [1.54, 1.807) is 11.6 Å². The fourth-order valence-electron chi connectivity index (χ4n) is 3.38. The third-order valence-corrected chi connectivity index (χ3v) is 5.51. The Morgan fingerprint density at radius 2 is 1.90 bits per heavy atom. The molecule has 118 valence electrons. The van der Waals surface area contributed by atoms with E-state index in [0.29, 0.717) is 24.0 Å². The second-order valence-corrected chi connectivity index (χ2v) is 7.14. The Morgan fingerprint density at radius 1 is 1.33 bits per heavy atom. The molecule has 0 saturated heterocycles. The minimum Gasteiger partial charge on any atom is -0.364 e. The van der Waals surface area contributed by atoms with Gasteiger partial charge in [-0.2, -0.15) is 5.10 Å². The highest BCUT2D eigenvalue weighted by Gasteiger charge is 2.64. The number of aromatic nitrogens is 2. The van der Waals surface area contributed by atoms with Gasteiger partial charge in [0, 0.05) is 13.1 Å². The van der Waals surface area contributed by atoms with Crippen molar-refractivity contribution in [3.05, 3.63) is 15.8 Å². The molecular weight excluding hydrogens is 268 g/mol. The minimum absolute atomic E-state index is 0.111. The number of hydrogen-bond donors (Lipinski definition) is 1. The molecule has 0 radical (unpaired) electrons. The summed E-state index contributed by atoms with van der Waals surface area (Å²) in [4.78, 5) is 11.0.